The molecule has 1 amide bonds. The molecule has 0 atom stereocenters. The van der Waals surface area contributed by atoms with E-state index in [0.29, 0.717) is 16.4 Å². The Kier molecular flexibility index (Phi) is 4.59. The lowest BCUT2D eigenvalue weighted by Gasteiger charge is -2.07. The fourth-order valence-corrected chi connectivity index (χ4v) is 1.94. The van der Waals surface area contributed by atoms with Crippen molar-refractivity contribution in [2.24, 2.45) is 5.10 Å². The van der Waals surface area contributed by atoms with Crippen molar-refractivity contribution in [1.82, 2.24) is 4.98 Å². The number of hydrogen-bond acceptors (Lipinski definition) is 7. The van der Waals surface area contributed by atoms with Crippen molar-refractivity contribution >= 4 is 33.8 Å². The quantitative estimate of drug-likeness (QED) is 0.663. The van der Waals surface area contributed by atoms with Crippen molar-refractivity contribution in [2.75, 3.05) is 10.7 Å². The summed E-state index contributed by atoms with van der Waals surface area (Å²) in [7, 11) is 0. The smallest absolute Gasteiger partial charge is 0.259 e. The second kappa shape index (κ2) is 6.80. The van der Waals surface area contributed by atoms with E-state index in [2.05, 4.69) is 20.8 Å². The number of carbonyl (C=O) groups excluding carboxylic acids is 1. The maximum Gasteiger partial charge on any atom is 0.259 e. The SMILES string of the molecule is N#CC(C#N)=NNc1ccccc1C(=O)Nc1nccs1. The van der Waals surface area contributed by atoms with Gasteiger partial charge < -0.3 is 0 Å². The lowest BCUT2D eigenvalue weighted by molar-refractivity contribution is 0.102. The molecule has 0 spiro atoms. The summed E-state index contributed by atoms with van der Waals surface area (Å²) in [6.45, 7) is 0. The maximum atomic E-state index is 12.2. The Morgan fingerprint density at radius 2 is 2.05 bits per heavy atom. The number of nitrogens with one attached hydrogen (secondary N) is 2. The summed E-state index contributed by atoms with van der Waals surface area (Å²) in [6, 6.07) is 9.86. The molecule has 2 rings (SSSR count). The van der Waals surface area contributed by atoms with Gasteiger partial charge in [-0.25, -0.2) is 4.98 Å². The van der Waals surface area contributed by atoms with E-state index in [-0.39, 0.29) is 11.6 Å². The Morgan fingerprint density at radius 1 is 1.29 bits per heavy atom. The first-order chi connectivity index (χ1) is 10.2. The van der Waals surface area contributed by atoms with E-state index >= 15 is 0 Å². The summed E-state index contributed by atoms with van der Waals surface area (Å²) in [6.07, 6.45) is 1.58. The van der Waals surface area contributed by atoms with Gasteiger partial charge in [0.2, 0.25) is 5.71 Å². The zero-order valence-corrected chi connectivity index (χ0v) is 11.4. The van der Waals surface area contributed by atoms with E-state index in [1.165, 1.54) is 11.3 Å². The Bertz CT molecular complexity index is 738. The Labute approximate surface area is 124 Å². The van der Waals surface area contributed by atoms with Gasteiger partial charge in [0.05, 0.1) is 11.3 Å². The molecule has 0 aliphatic carbocycles. The molecule has 2 aromatic rings. The van der Waals surface area contributed by atoms with Crippen molar-refractivity contribution < 1.29 is 4.79 Å². The molecule has 0 unspecified atom stereocenters. The van der Waals surface area contributed by atoms with E-state index in [1.807, 2.05) is 0 Å². The molecule has 0 aliphatic rings. The van der Waals surface area contributed by atoms with Gasteiger partial charge in [-0.05, 0) is 12.1 Å². The second-order valence-corrected chi connectivity index (χ2v) is 4.53. The van der Waals surface area contributed by atoms with Crippen LogP contribution in [0.3, 0.4) is 0 Å². The highest BCUT2D eigenvalue weighted by Gasteiger charge is 2.12. The van der Waals surface area contributed by atoms with Crippen LogP contribution in [0.5, 0.6) is 0 Å². The highest BCUT2D eigenvalue weighted by atomic mass is 32.1. The summed E-state index contributed by atoms with van der Waals surface area (Å²) in [5.74, 6) is -0.362. The van der Waals surface area contributed by atoms with Gasteiger partial charge in [0, 0.05) is 11.6 Å². The number of anilines is 2. The third-order valence-electron chi connectivity index (χ3n) is 2.32. The van der Waals surface area contributed by atoms with Crippen LogP contribution in [-0.2, 0) is 0 Å². The van der Waals surface area contributed by atoms with Crippen molar-refractivity contribution in [3.63, 3.8) is 0 Å². The predicted octanol–water partition coefficient (Wildman–Crippen LogP) is 2.21. The van der Waals surface area contributed by atoms with Gasteiger partial charge in [0.25, 0.3) is 5.91 Å². The number of hydrazone groups is 1. The number of rotatable bonds is 4. The lowest BCUT2D eigenvalue weighted by atomic mass is 10.1. The average Bonchev–Trinajstić information content (AvgIpc) is 3.01. The van der Waals surface area contributed by atoms with Crippen LogP contribution in [0.25, 0.3) is 0 Å². The maximum absolute atomic E-state index is 12.2. The molecule has 7 nitrogen and oxygen atoms in total. The predicted molar refractivity (Wildman–Crippen MR) is 78.8 cm³/mol. The normalized spacial score (nSPS) is 9.05. The second-order valence-electron chi connectivity index (χ2n) is 3.63. The monoisotopic (exact) mass is 296 g/mol. The van der Waals surface area contributed by atoms with Gasteiger partial charge in [0.1, 0.15) is 12.1 Å². The highest BCUT2D eigenvalue weighted by Crippen LogP contribution is 2.18. The standard InChI is InChI=1S/C13H8N6OS/c14-7-9(8-15)18-19-11-4-2-1-3-10(11)12(20)17-13-16-5-6-21-13/h1-6,19H,(H,16,17,20). The molecule has 0 saturated heterocycles. The topological polar surface area (TPSA) is 114 Å². The molecule has 0 saturated carbocycles. The number of para-hydroxylation sites is 1. The first-order valence-electron chi connectivity index (χ1n) is 5.68. The van der Waals surface area contributed by atoms with Crippen molar-refractivity contribution in [3.8, 4) is 12.1 Å². The van der Waals surface area contributed by atoms with Gasteiger partial charge in [-0.1, -0.05) is 12.1 Å². The molecule has 0 bridgehead atoms. The Morgan fingerprint density at radius 3 is 2.71 bits per heavy atom. The minimum atomic E-state index is -0.362. The van der Waals surface area contributed by atoms with Crippen LogP contribution in [-0.4, -0.2) is 16.6 Å². The van der Waals surface area contributed by atoms with Crippen LogP contribution in [0.15, 0.2) is 40.9 Å². The molecule has 1 aromatic heterocycles. The number of amides is 1. The number of benzene rings is 1. The summed E-state index contributed by atoms with van der Waals surface area (Å²) < 4.78 is 0. The zero-order chi connectivity index (χ0) is 15.1. The van der Waals surface area contributed by atoms with E-state index < -0.39 is 0 Å². The van der Waals surface area contributed by atoms with Gasteiger partial charge >= 0.3 is 0 Å². The van der Waals surface area contributed by atoms with Crippen molar-refractivity contribution in [3.05, 3.63) is 41.4 Å². The van der Waals surface area contributed by atoms with Crippen LogP contribution in [0.4, 0.5) is 10.8 Å². The van der Waals surface area contributed by atoms with E-state index in [0.717, 1.165) is 0 Å². The fourth-order valence-electron chi connectivity index (χ4n) is 1.42. The molecule has 8 heteroatoms. The summed E-state index contributed by atoms with van der Waals surface area (Å²) in [5, 5.41) is 25.7. The van der Waals surface area contributed by atoms with Crippen LogP contribution >= 0.6 is 11.3 Å². The van der Waals surface area contributed by atoms with Crippen LogP contribution < -0.4 is 10.7 Å². The molecule has 21 heavy (non-hydrogen) atoms. The first-order valence-corrected chi connectivity index (χ1v) is 6.56. The molecule has 1 heterocycles. The van der Waals surface area contributed by atoms with E-state index in [9.17, 15) is 4.79 Å². The summed E-state index contributed by atoms with van der Waals surface area (Å²) in [5.41, 5.74) is 2.92. The molecule has 2 N–H and O–H groups in total. The number of aromatic nitrogens is 1. The molecule has 1 aromatic carbocycles. The third kappa shape index (κ3) is 3.62. The fraction of sp³-hybridized carbons (Fsp3) is 0. The number of thiazole rings is 1. The molecular formula is C13H8N6OS. The third-order valence-corrected chi connectivity index (χ3v) is 3.01. The highest BCUT2D eigenvalue weighted by molar-refractivity contribution is 7.13. The minimum absolute atomic E-state index is 0.326. The molecular weight excluding hydrogens is 288 g/mol. The largest absolute Gasteiger partial charge is 0.298 e. The van der Waals surface area contributed by atoms with Crippen LogP contribution in [0.1, 0.15) is 10.4 Å². The summed E-state index contributed by atoms with van der Waals surface area (Å²) >= 11 is 1.30. The molecule has 0 aliphatic heterocycles. The summed E-state index contributed by atoms with van der Waals surface area (Å²) in [4.78, 5) is 16.1. The van der Waals surface area contributed by atoms with Gasteiger partial charge in [0.15, 0.2) is 5.13 Å². The van der Waals surface area contributed by atoms with Gasteiger partial charge in [-0.15, -0.1) is 11.3 Å². The molecule has 0 fully saturated rings. The zero-order valence-electron chi connectivity index (χ0n) is 10.6. The van der Waals surface area contributed by atoms with Gasteiger partial charge in [-0.3, -0.25) is 15.5 Å². The van der Waals surface area contributed by atoms with Crippen molar-refractivity contribution in [1.29, 1.82) is 10.5 Å². The van der Waals surface area contributed by atoms with E-state index in [1.54, 1.807) is 48.0 Å². The lowest BCUT2D eigenvalue weighted by Crippen LogP contribution is -2.13. The molecule has 0 radical (unpaired) electrons. The Balaban J connectivity index is 2.21. The van der Waals surface area contributed by atoms with Crippen molar-refractivity contribution in [2.45, 2.75) is 0 Å². The number of nitrogens with zero attached hydrogens (tertiary/aromatic N) is 4. The number of nitriles is 2. The van der Waals surface area contributed by atoms with Crippen LogP contribution in [0, 0.1) is 22.7 Å². The number of carbonyl (C=O) groups is 1. The number of hydrogen-bond donors (Lipinski definition) is 2. The average molecular weight is 296 g/mol. The Hall–Kier alpha value is -3.23. The minimum Gasteiger partial charge on any atom is -0.298 e. The van der Waals surface area contributed by atoms with E-state index in [4.69, 9.17) is 10.5 Å². The van der Waals surface area contributed by atoms with Gasteiger partial charge in [-0.2, -0.15) is 15.6 Å². The molecule has 102 valence electrons. The van der Waals surface area contributed by atoms with Crippen LogP contribution in [0.2, 0.25) is 0 Å². The first kappa shape index (κ1) is 14.2.